The summed E-state index contributed by atoms with van der Waals surface area (Å²) in [6.07, 6.45) is 6.15. The van der Waals surface area contributed by atoms with E-state index in [2.05, 4.69) is 10.3 Å². The van der Waals surface area contributed by atoms with Crippen molar-refractivity contribution >= 4 is 30.7 Å². The highest BCUT2D eigenvalue weighted by Gasteiger charge is 2.37. The van der Waals surface area contributed by atoms with Gasteiger partial charge in [0.25, 0.3) is 5.91 Å². The van der Waals surface area contributed by atoms with Gasteiger partial charge in [-0.25, -0.2) is 4.79 Å². The number of carbonyl (C=O) groups is 1. The fourth-order valence-corrected chi connectivity index (χ4v) is 4.35. The first kappa shape index (κ1) is 25.3. The van der Waals surface area contributed by atoms with Gasteiger partial charge in [0.05, 0.1) is 5.60 Å². The predicted molar refractivity (Wildman–Crippen MR) is 122 cm³/mol. The van der Waals surface area contributed by atoms with E-state index in [1.807, 2.05) is 12.1 Å². The lowest BCUT2D eigenvalue weighted by atomic mass is 9.85. The molecule has 2 N–H and O–H groups in total. The summed E-state index contributed by atoms with van der Waals surface area (Å²) < 4.78 is 5.55. The highest BCUT2D eigenvalue weighted by atomic mass is 35.5. The quantitative estimate of drug-likeness (QED) is 0.717. The van der Waals surface area contributed by atoms with Crippen LogP contribution in [0.4, 0.5) is 0 Å². The van der Waals surface area contributed by atoms with Gasteiger partial charge < -0.3 is 19.7 Å². The van der Waals surface area contributed by atoms with E-state index in [-0.39, 0.29) is 42.2 Å². The second-order valence-electron chi connectivity index (χ2n) is 8.10. The highest BCUT2D eigenvalue weighted by Crippen LogP contribution is 2.33. The number of hydrogen-bond donors (Lipinski definition) is 2. The number of likely N-dealkylation sites (tertiary alicyclic amines) is 1. The van der Waals surface area contributed by atoms with Crippen LogP contribution >= 0.6 is 24.8 Å². The molecule has 0 radical (unpaired) electrons. The molecule has 2 saturated heterocycles. The highest BCUT2D eigenvalue weighted by molar-refractivity contribution is 5.95. The number of aromatic nitrogens is 1. The number of hydrogen-bond acceptors (Lipinski definition) is 6. The Balaban J connectivity index is 0.00000171. The van der Waals surface area contributed by atoms with Crippen LogP contribution in [-0.4, -0.2) is 47.1 Å². The summed E-state index contributed by atoms with van der Waals surface area (Å²) in [5, 5.41) is 14.3. The number of halogens is 2. The van der Waals surface area contributed by atoms with Crippen LogP contribution in [0.1, 0.15) is 58.8 Å². The Morgan fingerprint density at radius 3 is 2.65 bits per heavy atom. The standard InChI is InChI=1S/C22H27N3O4.2ClH/c1-15-12-18(16-4-2-8-23-13-16)29-21(27)19(15)20(26)25-10-6-22(28,7-11-25)17-5-3-9-24-14-17;;/h3,5,9,12,14,16,23,28H,2,4,6-8,10-11,13H2,1H3;2*1H. The van der Waals surface area contributed by atoms with E-state index in [0.717, 1.165) is 31.5 Å². The average Bonchev–Trinajstić information content (AvgIpc) is 2.75. The van der Waals surface area contributed by atoms with E-state index in [1.54, 1.807) is 30.3 Å². The summed E-state index contributed by atoms with van der Waals surface area (Å²) in [5.41, 5.74) is -0.0519. The smallest absolute Gasteiger partial charge is 0.349 e. The monoisotopic (exact) mass is 469 g/mol. The molecule has 4 rings (SSSR count). The van der Waals surface area contributed by atoms with Gasteiger partial charge in [0.1, 0.15) is 11.3 Å². The first-order chi connectivity index (χ1) is 14.0. The molecule has 2 aromatic rings. The van der Waals surface area contributed by atoms with Gasteiger partial charge in [0, 0.05) is 43.5 Å². The Morgan fingerprint density at radius 1 is 1.32 bits per heavy atom. The van der Waals surface area contributed by atoms with E-state index in [9.17, 15) is 14.7 Å². The second-order valence-corrected chi connectivity index (χ2v) is 8.10. The Hall–Kier alpha value is -1.93. The number of aryl methyl sites for hydroxylation is 1. The molecule has 0 bridgehead atoms. The third-order valence-electron chi connectivity index (χ3n) is 6.16. The normalized spacial score (nSPS) is 20.3. The van der Waals surface area contributed by atoms with Crippen LogP contribution in [0.3, 0.4) is 0 Å². The van der Waals surface area contributed by atoms with Gasteiger partial charge >= 0.3 is 5.63 Å². The molecule has 2 aliphatic heterocycles. The van der Waals surface area contributed by atoms with E-state index in [4.69, 9.17) is 4.42 Å². The minimum absolute atomic E-state index is 0. The van der Waals surface area contributed by atoms with Gasteiger partial charge in [-0.05, 0) is 56.8 Å². The van der Waals surface area contributed by atoms with E-state index in [0.29, 0.717) is 37.3 Å². The first-order valence-corrected chi connectivity index (χ1v) is 10.3. The van der Waals surface area contributed by atoms with Crippen LogP contribution in [0.15, 0.2) is 39.8 Å². The summed E-state index contributed by atoms with van der Waals surface area (Å²) >= 11 is 0. The number of amides is 1. The van der Waals surface area contributed by atoms with Crippen LogP contribution < -0.4 is 10.9 Å². The fourth-order valence-electron chi connectivity index (χ4n) is 4.35. The van der Waals surface area contributed by atoms with Crippen molar-refractivity contribution in [2.75, 3.05) is 26.2 Å². The number of pyridine rings is 1. The minimum Gasteiger partial charge on any atom is -0.427 e. The zero-order valence-electron chi connectivity index (χ0n) is 17.5. The lowest BCUT2D eigenvalue weighted by Crippen LogP contribution is -2.46. The molecule has 0 aromatic carbocycles. The van der Waals surface area contributed by atoms with Gasteiger partial charge in [0.2, 0.25) is 0 Å². The van der Waals surface area contributed by atoms with Crippen LogP contribution in [0.25, 0.3) is 0 Å². The molecule has 7 nitrogen and oxygen atoms in total. The number of aliphatic hydroxyl groups is 1. The topological polar surface area (TPSA) is 95.7 Å². The zero-order chi connectivity index (χ0) is 20.4. The van der Waals surface area contributed by atoms with Crippen molar-refractivity contribution in [3.63, 3.8) is 0 Å². The Bertz CT molecular complexity index is 938. The van der Waals surface area contributed by atoms with Gasteiger partial charge in [-0.15, -0.1) is 24.8 Å². The summed E-state index contributed by atoms with van der Waals surface area (Å²) in [6, 6.07) is 5.48. The maximum Gasteiger partial charge on any atom is 0.349 e. The molecule has 0 aliphatic carbocycles. The van der Waals surface area contributed by atoms with Crippen molar-refractivity contribution in [3.05, 3.63) is 63.5 Å². The molecule has 4 heterocycles. The second kappa shape index (κ2) is 10.6. The largest absolute Gasteiger partial charge is 0.427 e. The third kappa shape index (κ3) is 5.29. The summed E-state index contributed by atoms with van der Waals surface area (Å²) in [7, 11) is 0. The molecule has 170 valence electrons. The molecule has 2 aromatic heterocycles. The molecule has 1 atom stereocenters. The number of nitrogens with one attached hydrogen (secondary N) is 1. The molecule has 0 saturated carbocycles. The number of nitrogens with zero attached hydrogens (tertiary/aromatic N) is 2. The Morgan fingerprint density at radius 2 is 2.06 bits per heavy atom. The molecule has 2 aliphatic rings. The van der Waals surface area contributed by atoms with E-state index >= 15 is 0 Å². The van der Waals surface area contributed by atoms with Crippen LogP contribution in [-0.2, 0) is 5.60 Å². The zero-order valence-corrected chi connectivity index (χ0v) is 19.1. The number of carbonyl (C=O) groups excluding carboxylic acids is 1. The van der Waals surface area contributed by atoms with Crippen LogP contribution in [0.2, 0.25) is 0 Å². The van der Waals surface area contributed by atoms with Gasteiger partial charge in [-0.2, -0.15) is 0 Å². The van der Waals surface area contributed by atoms with Crippen LogP contribution in [0, 0.1) is 6.92 Å². The molecular formula is C22H29Cl2N3O4. The summed E-state index contributed by atoms with van der Waals surface area (Å²) in [5.74, 6) is 0.502. The number of piperidine rings is 2. The summed E-state index contributed by atoms with van der Waals surface area (Å²) in [4.78, 5) is 31.4. The maximum absolute atomic E-state index is 13.0. The van der Waals surface area contributed by atoms with Crippen molar-refractivity contribution in [3.8, 4) is 0 Å². The van der Waals surface area contributed by atoms with Crippen molar-refractivity contribution < 1.29 is 14.3 Å². The first-order valence-electron chi connectivity index (χ1n) is 10.3. The molecule has 1 amide bonds. The Kier molecular flexibility index (Phi) is 8.65. The molecule has 2 fully saturated rings. The number of rotatable bonds is 3. The third-order valence-corrected chi connectivity index (χ3v) is 6.16. The van der Waals surface area contributed by atoms with Gasteiger partial charge in [0.15, 0.2) is 0 Å². The summed E-state index contributed by atoms with van der Waals surface area (Å²) in [6.45, 7) is 4.31. The molecule has 1 unspecified atom stereocenters. The van der Waals surface area contributed by atoms with Gasteiger partial charge in [-0.1, -0.05) is 6.07 Å². The lowest BCUT2D eigenvalue weighted by molar-refractivity contribution is -0.0214. The minimum atomic E-state index is -0.997. The Labute approximate surface area is 194 Å². The molecule has 9 heteroatoms. The average molecular weight is 470 g/mol. The van der Waals surface area contributed by atoms with Crippen molar-refractivity contribution in [1.29, 1.82) is 0 Å². The van der Waals surface area contributed by atoms with Crippen LogP contribution in [0.5, 0.6) is 0 Å². The SMILES string of the molecule is Cc1cc(C2CCCNC2)oc(=O)c1C(=O)N1CCC(O)(c2cccnc2)CC1.Cl.Cl. The van der Waals surface area contributed by atoms with Crippen molar-refractivity contribution in [1.82, 2.24) is 15.2 Å². The predicted octanol–water partition coefficient (Wildman–Crippen LogP) is 2.78. The van der Waals surface area contributed by atoms with E-state index in [1.165, 1.54) is 0 Å². The fraction of sp³-hybridized carbons (Fsp3) is 0.500. The van der Waals surface area contributed by atoms with Gasteiger partial charge in [-0.3, -0.25) is 9.78 Å². The van der Waals surface area contributed by atoms with Crippen molar-refractivity contribution in [2.45, 2.75) is 44.1 Å². The van der Waals surface area contributed by atoms with E-state index < -0.39 is 11.2 Å². The maximum atomic E-state index is 13.0. The molecular weight excluding hydrogens is 441 g/mol. The van der Waals surface area contributed by atoms with Crippen molar-refractivity contribution in [2.24, 2.45) is 0 Å². The molecule has 31 heavy (non-hydrogen) atoms. The lowest BCUT2D eigenvalue weighted by Gasteiger charge is -2.38. The molecule has 0 spiro atoms.